The molecular weight excluding hydrogens is 324 g/mol. The van der Waals surface area contributed by atoms with Gasteiger partial charge < -0.3 is 13.6 Å². The van der Waals surface area contributed by atoms with Crippen LogP contribution < -0.4 is 0 Å². The molecule has 0 heterocycles. The second-order valence-electron chi connectivity index (χ2n) is 8.95. The summed E-state index contributed by atoms with van der Waals surface area (Å²) in [5.41, 5.74) is 0. The van der Waals surface area contributed by atoms with Gasteiger partial charge in [0.25, 0.3) is 0 Å². The predicted octanol–water partition coefficient (Wildman–Crippen LogP) is 3.63. The first kappa shape index (κ1) is 22.7. The Morgan fingerprint density at radius 2 is 1.74 bits per heavy atom. The number of hydrogen-bond donors (Lipinski definition) is 0. The minimum atomic E-state index is -2.05. The third-order valence-corrected chi connectivity index (χ3v) is 10.0. The monoisotopic (exact) mass is 360 g/mol. The lowest BCUT2D eigenvalue weighted by Gasteiger charge is -2.38. The highest BCUT2D eigenvalue weighted by Crippen LogP contribution is 2.37. The van der Waals surface area contributed by atoms with Crippen LogP contribution in [0.25, 0.3) is 0 Å². The van der Waals surface area contributed by atoms with Crippen molar-refractivity contribution in [1.82, 2.24) is 0 Å². The van der Waals surface area contributed by atoms with Crippen molar-refractivity contribution in [1.29, 1.82) is 0 Å². The molecule has 0 saturated carbocycles. The molecule has 0 aromatic carbocycles. The molecule has 0 saturated heterocycles. The molecule has 0 rings (SSSR count). The highest BCUT2D eigenvalue weighted by Gasteiger charge is 2.40. The molecule has 0 aliphatic rings. The zero-order chi connectivity index (χ0) is 18.3. The molecule has 0 amide bonds. The summed E-state index contributed by atoms with van der Waals surface area (Å²) in [4.78, 5) is 23.3. The van der Waals surface area contributed by atoms with E-state index in [1.54, 1.807) is 0 Å². The van der Waals surface area contributed by atoms with Crippen LogP contribution in [0.1, 0.15) is 60.8 Å². The molecule has 0 aromatic rings. The van der Waals surface area contributed by atoms with Gasteiger partial charge in [0.1, 0.15) is 12.4 Å². The standard InChI is InChI=1S/C17H36O4Si2/c1-16(2,3)22-20-13-9-10-14(19)15(11-12-18)21-23(7,8)17(4,5)6/h12,15H,9-11,13,22H2,1-8H3. The van der Waals surface area contributed by atoms with Crippen LogP contribution in [0.3, 0.4) is 0 Å². The third kappa shape index (κ3) is 9.54. The van der Waals surface area contributed by atoms with Crippen LogP contribution >= 0.6 is 0 Å². The van der Waals surface area contributed by atoms with Gasteiger partial charge in [-0.2, -0.15) is 0 Å². The summed E-state index contributed by atoms with van der Waals surface area (Å²) in [7, 11) is -2.61. The molecule has 0 aliphatic heterocycles. The summed E-state index contributed by atoms with van der Waals surface area (Å²) in [6.07, 6.45) is 1.49. The van der Waals surface area contributed by atoms with E-state index in [0.717, 1.165) is 6.29 Å². The van der Waals surface area contributed by atoms with Gasteiger partial charge in [0.05, 0.1) is 0 Å². The highest BCUT2D eigenvalue weighted by molar-refractivity contribution is 6.74. The van der Waals surface area contributed by atoms with Gasteiger partial charge in [-0.25, -0.2) is 0 Å². The Kier molecular flexibility index (Phi) is 9.13. The van der Waals surface area contributed by atoms with Crippen molar-refractivity contribution in [3.63, 3.8) is 0 Å². The summed E-state index contributed by atoms with van der Waals surface area (Å²) >= 11 is 0. The lowest BCUT2D eigenvalue weighted by Crippen LogP contribution is -2.46. The van der Waals surface area contributed by atoms with Crippen molar-refractivity contribution >= 4 is 30.1 Å². The summed E-state index contributed by atoms with van der Waals surface area (Å²) < 4.78 is 11.9. The predicted molar refractivity (Wildman–Crippen MR) is 101 cm³/mol. The van der Waals surface area contributed by atoms with E-state index in [4.69, 9.17) is 8.85 Å². The van der Waals surface area contributed by atoms with Crippen LogP contribution in [0.2, 0.25) is 23.2 Å². The fourth-order valence-electron chi connectivity index (χ4n) is 1.75. The SMILES string of the molecule is CC(C)(C)[SiH2]OCCCC(=O)C(CC=O)O[Si](C)(C)C(C)(C)C. The fraction of sp³-hybridized carbons (Fsp3) is 0.882. The van der Waals surface area contributed by atoms with Crippen LogP contribution in [0.15, 0.2) is 0 Å². The number of hydrogen-bond acceptors (Lipinski definition) is 4. The van der Waals surface area contributed by atoms with Crippen LogP contribution in [-0.4, -0.2) is 42.9 Å². The topological polar surface area (TPSA) is 52.6 Å². The summed E-state index contributed by atoms with van der Waals surface area (Å²) in [6, 6.07) is 0. The molecule has 0 N–H and O–H groups in total. The Bertz CT molecular complexity index is 381. The van der Waals surface area contributed by atoms with E-state index in [9.17, 15) is 9.59 Å². The maximum Gasteiger partial charge on any atom is 0.193 e. The van der Waals surface area contributed by atoms with Gasteiger partial charge in [0.2, 0.25) is 0 Å². The smallest absolute Gasteiger partial charge is 0.193 e. The van der Waals surface area contributed by atoms with E-state index in [-0.39, 0.29) is 22.3 Å². The first-order chi connectivity index (χ1) is 10.3. The average molecular weight is 361 g/mol. The molecule has 0 aromatic heterocycles. The number of Topliss-reactive ketones (excluding diaryl/α,β-unsaturated/α-hetero) is 1. The lowest BCUT2D eigenvalue weighted by atomic mass is 10.1. The fourth-order valence-corrected chi connectivity index (χ4v) is 4.01. The highest BCUT2D eigenvalue weighted by atomic mass is 28.4. The molecule has 0 aliphatic carbocycles. The summed E-state index contributed by atoms with van der Waals surface area (Å²) in [5.74, 6) is 0.0305. The number of ketones is 1. The second kappa shape index (κ2) is 9.25. The van der Waals surface area contributed by atoms with Crippen LogP contribution in [-0.2, 0) is 18.4 Å². The Balaban J connectivity index is 4.44. The molecule has 0 radical (unpaired) electrons. The normalized spacial score (nSPS) is 15.1. The first-order valence-corrected chi connectivity index (χ1v) is 12.7. The van der Waals surface area contributed by atoms with E-state index in [1.807, 2.05) is 0 Å². The molecule has 0 fully saturated rings. The van der Waals surface area contributed by atoms with E-state index >= 15 is 0 Å². The second-order valence-corrected chi connectivity index (χ2v) is 16.5. The molecule has 23 heavy (non-hydrogen) atoms. The minimum Gasteiger partial charge on any atom is -0.423 e. The van der Waals surface area contributed by atoms with Crippen LogP contribution in [0.4, 0.5) is 0 Å². The molecular formula is C17H36O4Si2. The molecule has 0 bridgehead atoms. The Labute approximate surface area is 145 Å². The van der Waals surface area contributed by atoms with Crippen molar-refractivity contribution in [2.45, 2.75) is 90.1 Å². The van der Waals surface area contributed by atoms with Crippen molar-refractivity contribution in [3.8, 4) is 0 Å². The molecule has 1 atom stereocenters. The van der Waals surface area contributed by atoms with Crippen molar-refractivity contribution in [3.05, 3.63) is 0 Å². The number of carbonyl (C=O) groups excluding carboxylic acids is 2. The van der Waals surface area contributed by atoms with Crippen molar-refractivity contribution in [2.75, 3.05) is 6.61 Å². The number of aldehydes is 1. The van der Waals surface area contributed by atoms with Crippen molar-refractivity contribution in [2.24, 2.45) is 0 Å². The number of carbonyl (C=O) groups is 2. The van der Waals surface area contributed by atoms with E-state index in [2.05, 4.69) is 54.6 Å². The summed E-state index contributed by atoms with van der Waals surface area (Å²) in [6.45, 7) is 17.8. The van der Waals surface area contributed by atoms with E-state index in [1.165, 1.54) is 0 Å². The number of rotatable bonds is 10. The van der Waals surface area contributed by atoms with Crippen LogP contribution in [0, 0.1) is 0 Å². The molecule has 4 nitrogen and oxygen atoms in total. The van der Waals surface area contributed by atoms with Gasteiger partial charge in [0, 0.05) is 19.4 Å². The quantitative estimate of drug-likeness (QED) is 0.339. The van der Waals surface area contributed by atoms with Gasteiger partial charge in [-0.05, 0) is 29.6 Å². The van der Waals surface area contributed by atoms with E-state index in [0.29, 0.717) is 19.4 Å². The Morgan fingerprint density at radius 1 is 1.17 bits per heavy atom. The maximum absolute atomic E-state index is 12.4. The first-order valence-electron chi connectivity index (χ1n) is 8.52. The maximum atomic E-state index is 12.4. The average Bonchev–Trinajstić information content (AvgIpc) is 2.34. The molecule has 0 spiro atoms. The van der Waals surface area contributed by atoms with Gasteiger partial charge in [0.15, 0.2) is 23.9 Å². The van der Waals surface area contributed by atoms with Gasteiger partial charge in [-0.3, -0.25) is 4.79 Å². The van der Waals surface area contributed by atoms with Crippen LogP contribution in [0.5, 0.6) is 0 Å². The Hall–Kier alpha value is -0.306. The minimum absolute atomic E-state index is 0.0236. The van der Waals surface area contributed by atoms with Crippen molar-refractivity contribution < 1.29 is 18.4 Å². The van der Waals surface area contributed by atoms with E-state index < -0.39 is 24.2 Å². The zero-order valence-electron chi connectivity index (χ0n) is 16.3. The van der Waals surface area contributed by atoms with Gasteiger partial charge >= 0.3 is 0 Å². The largest absolute Gasteiger partial charge is 0.423 e. The van der Waals surface area contributed by atoms with Gasteiger partial charge in [-0.1, -0.05) is 41.5 Å². The molecule has 6 heteroatoms. The summed E-state index contributed by atoms with van der Waals surface area (Å²) in [5, 5.41) is 0.297. The third-order valence-electron chi connectivity index (χ3n) is 4.16. The van der Waals surface area contributed by atoms with Gasteiger partial charge in [-0.15, -0.1) is 0 Å². The molecule has 136 valence electrons. The zero-order valence-corrected chi connectivity index (χ0v) is 18.7. The Morgan fingerprint density at radius 3 is 2.17 bits per heavy atom. The molecule has 1 unspecified atom stereocenters. The lowest BCUT2D eigenvalue weighted by molar-refractivity contribution is -0.128.